The largest absolute Gasteiger partial charge is 0.496 e. The minimum Gasteiger partial charge on any atom is -0.496 e. The molecule has 4 heteroatoms. The highest BCUT2D eigenvalue weighted by Crippen LogP contribution is 2.20. The molecule has 2 aromatic carbocycles. The van der Waals surface area contributed by atoms with Crippen molar-refractivity contribution in [2.75, 3.05) is 12.4 Å². The highest BCUT2D eigenvalue weighted by Gasteiger charge is 2.10. The van der Waals surface area contributed by atoms with Crippen LogP contribution in [-0.2, 0) is 17.8 Å². The third kappa shape index (κ3) is 3.83. The minimum atomic E-state index is -0.0724. The molecule has 0 unspecified atom stereocenters. The van der Waals surface area contributed by atoms with Gasteiger partial charge in [0.15, 0.2) is 0 Å². The maximum atomic E-state index is 12.2. The van der Waals surface area contributed by atoms with Gasteiger partial charge in [0, 0.05) is 17.8 Å². The molecule has 4 nitrogen and oxygen atoms in total. The highest BCUT2D eigenvalue weighted by atomic mass is 16.5. The second kappa shape index (κ2) is 6.90. The lowest BCUT2D eigenvalue weighted by Crippen LogP contribution is -2.16. The first-order valence-corrected chi connectivity index (χ1v) is 6.85. The highest BCUT2D eigenvalue weighted by molar-refractivity contribution is 5.93. The van der Waals surface area contributed by atoms with Crippen LogP contribution in [0.4, 0.5) is 5.69 Å². The summed E-state index contributed by atoms with van der Waals surface area (Å²) in [5.41, 5.74) is 9.31. The van der Waals surface area contributed by atoms with Crippen molar-refractivity contribution in [3.05, 3.63) is 59.2 Å². The molecule has 0 aliphatic carbocycles. The molecule has 0 spiro atoms. The van der Waals surface area contributed by atoms with E-state index in [1.165, 1.54) is 0 Å². The number of nitrogens with one attached hydrogen (secondary N) is 1. The van der Waals surface area contributed by atoms with Crippen molar-refractivity contribution in [2.45, 2.75) is 19.9 Å². The van der Waals surface area contributed by atoms with Crippen molar-refractivity contribution < 1.29 is 9.53 Å². The quantitative estimate of drug-likeness (QED) is 0.887. The second-order valence-electron chi connectivity index (χ2n) is 4.89. The van der Waals surface area contributed by atoms with E-state index in [0.29, 0.717) is 6.54 Å². The van der Waals surface area contributed by atoms with Gasteiger partial charge in [-0.1, -0.05) is 30.3 Å². The number of carbonyl (C=O) groups excluding carboxylic acids is 1. The van der Waals surface area contributed by atoms with Crippen molar-refractivity contribution in [1.29, 1.82) is 0 Å². The van der Waals surface area contributed by atoms with E-state index >= 15 is 0 Å². The van der Waals surface area contributed by atoms with Crippen LogP contribution in [0.1, 0.15) is 16.7 Å². The number of nitrogens with two attached hydrogens (primary N) is 1. The molecule has 0 aromatic heterocycles. The molecule has 3 N–H and O–H groups in total. The Hall–Kier alpha value is -2.33. The molecule has 110 valence electrons. The molecular weight excluding hydrogens is 264 g/mol. The van der Waals surface area contributed by atoms with E-state index in [4.69, 9.17) is 10.5 Å². The van der Waals surface area contributed by atoms with Crippen LogP contribution in [0.15, 0.2) is 42.5 Å². The Labute approximate surface area is 124 Å². The van der Waals surface area contributed by atoms with Gasteiger partial charge < -0.3 is 15.8 Å². The number of hydrogen-bond acceptors (Lipinski definition) is 3. The molecule has 1 amide bonds. The number of ether oxygens (including phenoxy) is 1. The van der Waals surface area contributed by atoms with Crippen molar-refractivity contribution in [3.63, 3.8) is 0 Å². The van der Waals surface area contributed by atoms with Crippen LogP contribution in [0, 0.1) is 6.92 Å². The maximum absolute atomic E-state index is 12.2. The first kappa shape index (κ1) is 15.1. The lowest BCUT2D eigenvalue weighted by Gasteiger charge is -2.11. The van der Waals surface area contributed by atoms with Crippen molar-refractivity contribution in [3.8, 4) is 5.75 Å². The summed E-state index contributed by atoms with van der Waals surface area (Å²) in [6, 6.07) is 13.4. The molecule has 0 saturated heterocycles. The van der Waals surface area contributed by atoms with Crippen molar-refractivity contribution >= 4 is 11.6 Å². The maximum Gasteiger partial charge on any atom is 0.228 e. The van der Waals surface area contributed by atoms with Gasteiger partial charge in [0.05, 0.1) is 13.5 Å². The van der Waals surface area contributed by atoms with E-state index in [1.54, 1.807) is 7.11 Å². The third-order valence-corrected chi connectivity index (χ3v) is 3.36. The summed E-state index contributed by atoms with van der Waals surface area (Å²) in [4.78, 5) is 12.2. The zero-order valence-corrected chi connectivity index (χ0v) is 12.3. The number of amides is 1. The number of para-hydroxylation sites is 1. The van der Waals surface area contributed by atoms with E-state index in [0.717, 1.165) is 28.1 Å². The number of anilines is 1. The summed E-state index contributed by atoms with van der Waals surface area (Å²) < 4.78 is 5.26. The number of aryl methyl sites for hydroxylation is 1. The second-order valence-corrected chi connectivity index (χ2v) is 4.89. The average Bonchev–Trinajstić information content (AvgIpc) is 2.50. The number of hydrogen-bond donors (Lipinski definition) is 2. The first-order chi connectivity index (χ1) is 10.1. The van der Waals surface area contributed by atoms with E-state index in [1.807, 2.05) is 49.4 Å². The molecule has 0 radical (unpaired) electrons. The van der Waals surface area contributed by atoms with E-state index in [9.17, 15) is 4.79 Å². The summed E-state index contributed by atoms with van der Waals surface area (Å²) in [5, 5.41) is 2.93. The van der Waals surface area contributed by atoms with Crippen LogP contribution in [-0.4, -0.2) is 13.0 Å². The van der Waals surface area contributed by atoms with Crippen LogP contribution in [0.25, 0.3) is 0 Å². The summed E-state index contributed by atoms with van der Waals surface area (Å²) in [7, 11) is 1.60. The number of methoxy groups -OCH3 is 1. The van der Waals surface area contributed by atoms with Gasteiger partial charge in [-0.25, -0.2) is 0 Å². The Morgan fingerprint density at radius 3 is 2.71 bits per heavy atom. The van der Waals surface area contributed by atoms with E-state index < -0.39 is 0 Å². The summed E-state index contributed by atoms with van der Waals surface area (Å²) in [5.74, 6) is 0.650. The standard InChI is InChI=1S/C17H20N2O2/c1-12-7-8-13(11-18)9-15(12)19-17(20)10-14-5-3-4-6-16(14)21-2/h3-9H,10-11,18H2,1-2H3,(H,19,20). The van der Waals surface area contributed by atoms with Crippen LogP contribution < -0.4 is 15.8 Å². The van der Waals surface area contributed by atoms with Gasteiger partial charge in [-0.05, 0) is 30.2 Å². The zero-order chi connectivity index (χ0) is 15.2. The Kier molecular flexibility index (Phi) is 4.95. The van der Waals surface area contributed by atoms with Gasteiger partial charge in [-0.2, -0.15) is 0 Å². The molecule has 0 bridgehead atoms. The van der Waals surface area contributed by atoms with Gasteiger partial charge >= 0.3 is 0 Å². The van der Waals surface area contributed by atoms with Crippen molar-refractivity contribution in [2.24, 2.45) is 5.73 Å². The smallest absolute Gasteiger partial charge is 0.228 e. The number of rotatable bonds is 5. The monoisotopic (exact) mass is 284 g/mol. The molecule has 2 rings (SSSR count). The molecule has 0 aliphatic heterocycles. The molecule has 0 fully saturated rings. The SMILES string of the molecule is COc1ccccc1CC(=O)Nc1cc(CN)ccc1C. The summed E-state index contributed by atoms with van der Waals surface area (Å²) in [6.45, 7) is 2.41. The predicted octanol–water partition coefficient (Wildman–Crippen LogP) is 2.64. The molecule has 0 saturated carbocycles. The molecule has 2 aromatic rings. The van der Waals surface area contributed by atoms with E-state index in [-0.39, 0.29) is 12.3 Å². The Bertz CT molecular complexity index is 638. The van der Waals surface area contributed by atoms with Crippen LogP contribution in [0.3, 0.4) is 0 Å². The molecule has 0 atom stereocenters. The lowest BCUT2D eigenvalue weighted by atomic mass is 10.1. The fraction of sp³-hybridized carbons (Fsp3) is 0.235. The van der Waals surface area contributed by atoms with Crippen molar-refractivity contribution in [1.82, 2.24) is 0 Å². The van der Waals surface area contributed by atoms with Gasteiger partial charge in [0.2, 0.25) is 5.91 Å². The van der Waals surface area contributed by atoms with Gasteiger partial charge in [-0.15, -0.1) is 0 Å². The van der Waals surface area contributed by atoms with Crippen LogP contribution in [0.5, 0.6) is 5.75 Å². The van der Waals surface area contributed by atoms with Gasteiger partial charge in [0.25, 0.3) is 0 Å². The normalized spacial score (nSPS) is 10.2. The number of benzene rings is 2. The Morgan fingerprint density at radius 2 is 2.00 bits per heavy atom. The van der Waals surface area contributed by atoms with Gasteiger partial charge in [0.1, 0.15) is 5.75 Å². The summed E-state index contributed by atoms with van der Waals surface area (Å²) >= 11 is 0. The topological polar surface area (TPSA) is 64.3 Å². The fourth-order valence-corrected chi connectivity index (χ4v) is 2.15. The first-order valence-electron chi connectivity index (χ1n) is 6.85. The van der Waals surface area contributed by atoms with Crippen LogP contribution in [0.2, 0.25) is 0 Å². The zero-order valence-electron chi connectivity index (χ0n) is 12.3. The fourth-order valence-electron chi connectivity index (χ4n) is 2.15. The van der Waals surface area contributed by atoms with Crippen LogP contribution >= 0.6 is 0 Å². The average molecular weight is 284 g/mol. The minimum absolute atomic E-state index is 0.0724. The Morgan fingerprint density at radius 1 is 1.24 bits per heavy atom. The third-order valence-electron chi connectivity index (χ3n) is 3.36. The molecule has 0 aliphatic rings. The molecular formula is C17H20N2O2. The lowest BCUT2D eigenvalue weighted by molar-refractivity contribution is -0.115. The molecule has 21 heavy (non-hydrogen) atoms. The Balaban J connectivity index is 2.11. The molecule has 0 heterocycles. The predicted molar refractivity (Wildman–Crippen MR) is 84.4 cm³/mol. The number of carbonyl (C=O) groups is 1. The van der Waals surface area contributed by atoms with E-state index in [2.05, 4.69) is 5.32 Å². The summed E-state index contributed by atoms with van der Waals surface area (Å²) in [6.07, 6.45) is 0.274. The van der Waals surface area contributed by atoms with Gasteiger partial charge in [-0.3, -0.25) is 4.79 Å².